The second kappa shape index (κ2) is 9.26. The van der Waals surface area contributed by atoms with E-state index in [4.69, 9.17) is 4.74 Å². The molecular weight excluding hydrogens is 306 g/mol. The molecule has 2 rings (SSSR count). The molecule has 0 heterocycles. The number of carbonyl (C=O) groups is 1. The highest BCUT2D eigenvalue weighted by molar-refractivity contribution is 7.98. The van der Waals surface area contributed by atoms with Crippen molar-refractivity contribution in [2.24, 2.45) is 0 Å². The normalized spacial score (nSPS) is 10.3. The maximum atomic E-state index is 12.3. The molecule has 0 saturated carbocycles. The fourth-order valence-electron chi connectivity index (χ4n) is 2.41. The van der Waals surface area contributed by atoms with Crippen LogP contribution in [0.25, 0.3) is 0 Å². The zero-order chi connectivity index (χ0) is 16.5. The van der Waals surface area contributed by atoms with Crippen molar-refractivity contribution in [3.05, 3.63) is 59.7 Å². The Morgan fingerprint density at radius 3 is 2.65 bits per heavy atom. The first kappa shape index (κ1) is 17.4. The Morgan fingerprint density at radius 1 is 1.13 bits per heavy atom. The van der Waals surface area contributed by atoms with Gasteiger partial charge in [-0.3, -0.25) is 4.79 Å². The molecule has 122 valence electrons. The highest BCUT2D eigenvalue weighted by Crippen LogP contribution is 2.20. The van der Waals surface area contributed by atoms with Gasteiger partial charge in [0.1, 0.15) is 5.75 Å². The summed E-state index contributed by atoms with van der Waals surface area (Å²) in [5.74, 6) is 0.932. The maximum absolute atomic E-state index is 12.3. The van der Waals surface area contributed by atoms with E-state index in [0.717, 1.165) is 29.1 Å². The average molecular weight is 329 g/mol. The van der Waals surface area contributed by atoms with Crippen molar-refractivity contribution >= 4 is 17.7 Å². The van der Waals surface area contributed by atoms with Gasteiger partial charge in [0.05, 0.1) is 12.2 Å². The van der Waals surface area contributed by atoms with Gasteiger partial charge in [0, 0.05) is 11.4 Å². The minimum Gasteiger partial charge on any atom is -0.494 e. The molecule has 0 radical (unpaired) electrons. The Balaban J connectivity index is 1.85. The number of benzene rings is 2. The van der Waals surface area contributed by atoms with Crippen LogP contribution in [0.2, 0.25) is 0 Å². The highest BCUT2D eigenvalue weighted by Gasteiger charge is 2.09. The Kier molecular flexibility index (Phi) is 7.01. The first-order valence-corrected chi connectivity index (χ1v) is 9.10. The Labute approximate surface area is 142 Å². The van der Waals surface area contributed by atoms with Crippen molar-refractivity contribution < 1.29 is 9.53 Å². The topological polar surface area (TPSA) is 38.3 Å². The van der Waals surface area contributed by atoms with E-state index < -0.39 is 0 Å². The minimum atomic E-state index is -0.00644. The SMILES string of the molecule is CCOc1ccccc1CCCNC(=O)c1ccccc1SC. The number of hydrogen-bond donors (Lipinski definition) is 1. The molecule has 0 unspecified atom stereocenters. The monoisotopic (exact) mass is 329 g/mol. The number of thioether (sulfide) groups is 1. The van der Waals surface area contributed by atoms with E-state index in [0.29, 0.717) is 13.2 Å². The average Bonchev–Trinajstić information content (AvgIpc) is 2.60. The number of carbonyl (C=O) groups excluding carboxylic acids is 1. The van der Waals surface area contributed by atoms with Crippen LogP contribution in [0.3, 0.4) is 0 Å². The van der Waals surface area contributed by atoms with Crippen LogP contribution in [0.15, 0.2) is 53.4 Å². The van der Waals surface area contributed by atoms with Crippen LogP contribution in [0.5, 0.6) is 5.75 Å². The van der Waals surface area contributed by atoms with Gasteiger partial charge < -0.3 is 10.1 Å². The van der Waals surface area contributed by atoms with E-state index in [1.54, 1.807) is 11.8 Å². The van der Waals surface area contributed by atoms with Crippen LogP contribution in [0.1, 0.15) is 29.3 Å². The summed E-state index contributed by atoms with van der Waals surface area (Å²) in [7, 11) is 0. The molecule has 23 heavy (non-hydrogen) atoms. The summed E-state index contributed by atoms with van der Waals surface area (Å²) in [4.78, 5) is 13.3. The predicted molar refractivity (Wildman–Crippen MR) is 96.5 cm³/mol. The van der Waals surface area contributed by atoms with Crippen LogP contribution in [-0.2, 0) is 6.42 Å². The standard InChI is InChI=1S/C19H23NO2S/c1-3-22-17-12-6-4-9-15(17)10-8-14-20-19(21)16-11-5-7-13-18(16)23-2/h4-7,9,11-13H,3,8,10,14H2,1-2H3,(H,20,21). The Bertz CT molecular complexity index is 643. The van der Waals surface area contributed by atoms with E-state index in [-0.39, 0.29) is 5.91 Å². The quantitative estimate of drug-likeness (QED) is 0.583. The van der Waals surface area contributed by atoms with Gasteiger partial charge in [0.2, 0.25) is 0 Å². The van der Waals surface area contributed by atoms with Crippen LogP contribution >= 0.6 is 11.8 Å². The number of ether oxygens (including phenoxy) is 1. The van der Waals surface area contributed by atoms with Gasteiger partial charge in [-0.1, -0.05) is 30.3 Å². The molecule has 1 amide bonds. The third kappa shape index (κ3) is 5.03. The summed E-state index contributed by atoms with van der Waals surface area (Å²) < 4.78 is 5.62. The van der Waals surface area contributed by atoms with Gasteiger partial charge >= 0.3 is 0 Å². The van der Waals surface area contributed by atoms with E-state index in [9.17, 15) is 4.79 Å². The molecule has 0 atom stereocenters. The summed E-state index contributed by atoms with van der Waals surface area (Å²) in [6.07, 6.45) is 3.76. The molecule has 0 saturated heterocycles. The molecule has 0 spiro atoms. The first-order chi connectivity index (χ1) is 11.3. The summed E-state index contributed by atoms with van der Waals surface area (Å²) in [5.41, 5.74) is 1.93. The smallest absolute Gasteiger partial charge is 0.252 e. The second-order valence-corrected chi connectivity index (χ2v) is 5.95. The lowest BCUT2D eigenvalue weighted by atomic mass is 10.1. The van der Waals surface area contributed by atoms with Gasteiger partial charge in [0.25, 0.3) is 5.91 Å². The molecule has 0 aliphatic carbocycles. The predicted octanol–water partition coefficient (Wildman–Crippen LogP) is 4.17. The molecule has 1 N–H and O–H groups in total. The molecular formula is C19H23NO2S. The van der Waals surface area contributed by atoms with Gasteiger partial charge in [0.15, 0.2) is 0 Å². The molecule has 4 heteroatoms. The Hall–Kier alpha value is -1.94. The van der Waals surface area contributed by atoms with Crippen molar-refractivity contribution in [2.75, 3.05) is 19.4 Å². The fourth-order valence-corrected chi connectivity index (χ4v) is 3.01. The lowest BCUT2D eigenvalue weighted by Crippen LogP contribution is -2.25. The summed E-state index contributed by atoms with van der Waals surface area (Å²) in [6.45, 7) is 3.31. The number of aryl methyl sites for hydroxylation is 1. The lowest BCUT2D eigenvalue weighted by molar-refractivity contribution is 0.0950. The van der Waals surface area contributed by atoms with Crippen molar-refractivity contribution in [3.63, 3.8) is 0 Å². The van der Waals surface area contributed by atoms with Crippen LogP contribution in [-0.4, -0.2) is 25.3 Å². The van der Waals surface area contributed by atoms with Crippen LogP contribution < -0.4 is 10.1 Å². The zero-order valence-corrected chi connectivity index (χ0v) is 14.5. The highest BCUT2D eigenvalue weighted by atomic mass is 32.2. The van der Waals surface area contributed by atoms with Gasteiger partial charge in [-0.2, -0.15) is 0 Å². The van der Waals surface area contributed by atoms with Crippen molar-refractivity contribution in [1.82, 2.24) is 5.32 Å². The number of hydrogen-bond acceptors (Lipinski definition) is 3. The molecule has 0 aliphatic heterocycles. The Morgan fingerprint density at radius 2 is 1.87 bits per heavy atom. The van der Waals surface area contributed by atoms with Crippen LogP contribution in [0, 0.1) is 0 Å². The van der Waals surface area contributed by atoms with E-state index in [2.05, 4.69) is 11.4 Å². The van der Waals surface area contributed by atoms with E-state index in [1.807, 2.05) is 55.6 Å². The molecule has 0 aromatic heterocycles. The van der Waals surface area contributed by atoms with Crippen molar-refractivity contribution in [2.45, 2.75) is 24.7 Å². The molecule has 0 bridgehead atoms. The third-order valence-electron chi connectivity index (χ3n) is 3.53. The van der Waals surface area contributed by atoms with Gasteiger partial charge in [-0.05, 0) is 49.8 Å². The summed E-state index contributed by atoms with van der Waals surface area (Å²) in [6, 6.07) is 15.8. The largest absolute Gasteiger partial charge is 0.494 e. The van der Waals surface area contributed by atoms with Gasteiger partial charge in [-0.15, -0.1) is 11.8 Å². The summed E-state index contributed by atoms with van der Waals surface area (Å²) >= 11 is 1.59. The lowest BCUT2D eigenvalue weighted by Gasteiger charge is -2.11. The molecule has 2 aromatic rings. The minimum absolute atomic E-state index is 0.00644. The maximum Gasteiger partial charge on any atom is 0.252 e. The molecule has 0 aliphatic rings. The number of amides is 1. The fraction of sp³-hybridized carbons (Fsp3) is 0.316. The van der Waals surface area contributed by atoms with Crippen molar-refractivity contribution in [3.8, 4) is 5.75 Å². The number of rotatable bonds is 8. The van der Waals surface area contributed by atoms with Crippen LogP contribution in [0.4, 0.5) is 0 Å². The number of nitrogens with one attached hydrogen (secondary N) is 1. The summed E-state index contributed by atoms with van der Waals surface area (Å²) in [5, 5.41) is 3.00. The second-order valence-electron chi connectivity index (χ2n) is 5.10. The zero-order valence-electron chi connectivity index (χ0n) is 13.7. The third-order valence-corrected chi connectivity index (χ3v) is 4.33. The molecule has 3 nitrogen and oxygen atoms in total. The molecule has 0 fully saturated rings. The van der Waals surface area contributed by atoms with E-state index >= 15 is 0 Å². The van der Waals surface area contributed by atoms with E-state index in [1.165, 1.54) is 5.56 Å². The first-order valence-electron chi connectivity index (χ1n) is 7.88. The van der Waals surface area contributed by atoms with Gasteiger partial charge in [-0.25, -0.2) is 0 Å². The molecule has 2 aromatic carbocycles. The number of para-hydroxylation sites is 1. The van der Waals surface area contributed by atoms with Crippen molar-refractivity contribution in [1.29, 1.82) is 0 Å².